The van der Waals surface area contributed by atoms with Crippen molar-refractivity contribution in [1.29, 1.82) is 5.41 Å². The number of aromatic hydroxyl groups is 1. The summed E-state index contributed by atoms with van der Waals surface area (Å²) in [5.41, 5.74) is 17.3. The van der Waals surface area contributed by atoms with E-state index in [1.165, 1.54) is 41.5 Å². The summed E-state index contributed by atoms with van der Waals surface area (Å²) in [4.78, 5) is 259. The number of phenols is 1. The molecule has 46 nitrogen and oxygen atoms in total. The molecule has 4 aromatic rings. The molecule has 770 valence electrons. The van der Waals surface area contributed by atoms with Crippen LogP contribution in [-0.4, -0.2) is 282 Å². The molecule has 0 radical (unpaired) electrons. The maximum Gasteiger partial charge on any atom is 0.326 e. The second-order valence-electron chi connectivity index (χ2n) is 35.0. The van der Waals surface area contributed by atoms with Gasteiger partial charge in [-0.05, 0) is 125 Å². The van der Waals surface area contributed by atoms with Gasteiger partial charge in [0.25, 0.3) is 17.4 Å². The fourth-order valence-electron chi connectivity index (χ4n) is 15.7. The zero-order valence-electron chi connectivity index (χ0n) is 80.0. The number of aliphatic carboxylic acids is 5. The quantitative estimate of drug-likeness (QED) is 0.00433. The van der Waals surface area contributed by atoms with Gasteiger partial charge in [0.05, 0.1) is 67.8 Å². The van der Waals surface area contributed by atoms with Crippen LogP contribution < -0.4 is 74.9 Å². The van der Waals surface area contributed by atoms with E-state index in [0.717, 1.165) is 45.8 Å². The number of aromatic amines is 1. The first kappa shape index (κ1) is 116. The first-order valence-corrected chi connectivity index (χ1v) is 49.2. The lowest BCUT2D eigenvalue weighted by atomic mass is 9.90. The van der Waals surface area contributed by atoms with Crippen LogP contribution in [0.3, 0.4) is 0 Å². The summed E-state index contributed by atoms with van der Waals surface area (Å²) >= 11 is 1.01. The van der Waals surface area contributed by atoms with Crippen molar-refractivity contribution in [3.63, 3.8) is 0 Å². The van der Waals surface area contributed by atoms with Gasteiger partial charge in [0, 0.05) is 125 Å². The van der Waals surface area contributed by atoms with Gasteiger partial charge in [-0.15, -0.1) is 11.3 Å². The van der Waals surface area contributed by atoms with E-state index < -0.39 is 236 Å². The highest BCUT2D eigenvalue weighted by molar-refractivity contribution is 8.76. The number of nitrogens with zero attached hydrogens (tertiary/aromatic N) is 6. The second kappa shape index (κ2) is 57.4. The largest absolute Gasteiger partial charge is 0.508 e. The maximum absolute atomic E-state index is 15.1. The van der Waals surface area contributed by atoms with Crippen molar-refractivity contribution in [2.45, 2.75) is 225 Å². The monoisotopic (exact) mass is 2020 g/mol. The van der Waals surface area contributed by atoms with Crippen LogP contribution in [0.25, 0.3) is 0 Å². The number of piperidine rings is 1. The number of H-pyrrole nitrogens is 1. The Hall–Kier alpha value is -13.2. The third-order valence-corrected chi connectivity index (χ3v) is 27.0. The van der Waals surface area contributed by atoms with E-state index >= 15 is 4.79 Å². The Morgan fingerprint density at radius 2 is 1.36 bits per heavy atom. The summed E-state index contributed by atoms with van der Waals surface area (Å²) in [5.74, 6) is -25.1. The lowest BCUT2D eigenvalue weighted by Gasteiger charge is -2.39. The van der Waals surface area contributed by atoms with Gasteiger partial charge in [-0.3, -0.25) is 108 Å². The Bertz CT molecular complexity index is 5070. The smallest absolute Gasteiger partial charge is 0.326 e. The molecule has 0 bridgehead atoms. The fraction of sp³-hybridized carbons (Fsp3) is 0.571. The van der Waals surface area contributed by atoms with Crippen LogP contribution in [0.5, 0.6) is 5.75 Å². The van der Waals surface area contributed by atoms with E-state index in [-0.39, 0.29) is 121 Å². The first-order valence-electron chi connectivity index (χ1n) is 45.8. The van der Waals surface area contributed by atoms with Gasteiger partial charge < -0.3 is 108 Å². The molecule has 1 saturated heterocycles. The number of ether oxygens (including phenoxy) is 3. The number of carboxylic acids is 5. The van der Waals surface area contributed by atoms with E-state index in [1.54, 1.807) is 57.1 Å². The maximum atomic E-state index is 15.1. The van der Waals surface area contributed by atoms with Crippen molar-refractivity contribution < 1.29 is 126 Å². The number of fused-ring (bicyclic) bond motifs is 1. The highest BCUT2D eigenvalue weighted by Crippen LogP contribution is 2.34. The predicted molar refractivity (Wildman–Crippen MR) is 517 cm³/mol. The number of guanidine groups is 1. The summed E-state index contributed by atoms with van der Waals surface area (Å²) in [7, 11) is 7.40. The average Bonchev–Trinajstić information content (AvgIpc) is 0.901. The Morgan fingerprint density at radius 1 is 0.721 bits per heavy atom. The highest BCUT2D eigenvalue weighted by Gasteiger charge is 2.42. The van der Waals surface area contributed by atoms with Crippen LogP contribution in [0.1, 0.15) is 202 Å². The molecule has 2 aliphatic rings. The molecule has 14 atom stereocenters. The standard InChI is InChI=1S/C91H131N19O27S3/c1-12-17-75(122)136-47-110(87(130)76(49(5)13-2)102-84(128)67-19-14-15-31-107(67)9)68(48(3)4)42-71(137-52(8)111)86-101-66(46-138-86)83(127)97-58(35-53-20-26-61(112)27-21-53)34-50(6)79(123)106-105-51(7)135-32-33-139-140-45-57(88(131)132)38-70(115)65(41-74(120)121)100-82(126)56(40-73(118)119)37-69(114)63(18-16-30-95-90(92)93)98-81(125)55(39-72(116)117)36-62(113)28-29-64(89(133)134)99-80(124)54-22-24-59(25-23-54)108(10)44-60-43-96-78-77(109(60)11)85(129)104-91(94)103-78/h20-27,46,48-50,55-58,60,63-65,67-68,71,76,105,112H,7,12-19,28-45,47H2,1-6,8-11H3,(H,97,127)(H,98,125)(H,99,124)(H,100,126)(H,102,128)(H,106,123)(H,116,117)(H,118,119)(H,120,121)(H,131,132)(H,133,134)(H4,92,93,95)(H4,94,96,103,104,129)/t49?,50-,55-,56-,57-,58+,60?,63-,64-,65-,67+,68+,71+,76-/m0/s1. The van der Waals surface area contributed by atoms with Crippen LogP contribution in [0.4, 0.5) is 23.1 Å². The molecule has 140 heavy (non-hydrogen) atoms. The molecule has 2 unspecified atom stereocenters. The number of carbonyl (C=O) groups is 17. The van der Waals surface area contributed by atoms with Gasteiger partial charge >= 0.3 is 41.8 Å². The van der Waals surface area contributed by atoms with Crippen molar-refractivity contribution in [3.05, 3.63) is 98.6 Å². The number of aromatic nitrogens is 3. The zero-order valence-corrected chi connectivity index (χ0v) is 82.4. The summed E-state index contributed by atoms with van der Waals surface area (Å²) in [6, 6.07) is 3.58. The van der Waals surface area contributed by atoms with E-state index in [9.17, 15) is 112 Å². The molecule has 7 amide bonds. The van der Waals surface area contributed by atoms with Crippen molar-refractivity contribution in [1.82, 2.24) is 67.5 Å². The Kier molecular flexibility index (Phi) is 47.4. The molecule has 2 aromatic carbocycles. The number of phenolic OH excluding ortho intramolecular Hbond substituents is 1. The Balaban J connectivity index is 1.02. The molecule has 0 spiro atoms. The van der Waals surface area contributed by atoms with Crippen molar-refractivity contribution in [2.75, 3.05) is 93.0 Å². The molecule has 6 rings (SSSR count). The number of amides is 7. The third kappa shape index (κ3) is 38.2. The number of benzene rings is 2. The number of likely N-dealkylation sites (N-methyl/N-ethyl adjacent to an activating group) is 3. The number of nitrogen functional groups attached to an aromatic ring is 1. The molecule has 1 fully saturated rings. The Labute approximate surface area is 820 Å². The number of Topliss-reactive ketones (excluding diaryl/α,β-unsaturated/α-hetero) is 3. The zero-order chi connectivity index (χ0) is 104. The summed E-state index contributed by atoms with van der Waals surface area (Å²) in [6.45, 7) is 16.6. The SMILES string of the molecule is C=C(NNC(=O)[C@@H](C)C[C@H](Cc1ccc(O)cc1)NC(=O)c1csc([C@@H](C[C@H](C(C)C)N(COC(=O)CCC)C(=O)[C@@H](NC(=O)[C@H]2CCCCN2C)C(C)CC)OC(C)=O)n1)OCCSSC[C@H](CC(=O)[C@H](CC(=O)O)NC(=O)[C@H](CC(=O)O)CC(=O)[C@H](CCCNC(=N)N)NC(=O)[C@H](CC(=O)O)CC(=O)CC[C@H](NC(=O)c1ccc(N(C)CC2CNc3nc(N)[nH]c(=O)c3N2C)cc1)C(=O)O)C(=O)O. The van der Waals surface area contributed by atoms with Crippen molar-refractivity contribution >= 4 is 163 Å². The van der Waals surface area contributed by atoms with E-state index in [1.807, 2.05) is 44.5 Å². The van der Waals surface area contributed by atoms with Crippen LogP contribution in [0.2, 0.25) is 0 Å². The number of esters is 2. The third-order valence-electron chi connectivity index (χ3n) is 23.6. The predicted octanol–water partition coefficient (Wildman–Crippen LogP) is 4.03. The molecule has 2 aromatic heterocycles. The van der Waals surface area contributed by atoms with Crippen molar-refractivity contribution in [2.24, 2.45) is 41.2 Å². The number of carboxylic acid groups (broad SMARTS) is 5. The average molecular weight is 2020 g/mol. The number of hydrogen-bond donors (Lipinski definition) is 19. The van der Waals surface area contributed by atoms with E-state index in [2.05, 4.69) is 69.6 Å². The summed E-state index contributed by atoms with van der Waals surface area (Å²) in [5, 5.41) is 87.9. The molecular formula is C91H131N19O27S3. The lowest BCUT2D eigenvalue weighted by Crippen LogP contribution is -2.59. The molecule has 4 heterocycles. The van der Waals surface area contributed by atoms with Crippen LogP contribution in [0, 0.1) is 40.9 Å². The molecule has 0 saturated carbocycles. The van der Waals surface area contributed by atoms with E-state index in [4.69, 9.17) is 31.1 Å². The highest BCUT2D eigenvalue weighted by atomic mass is 33.1. The van der Waals surface area contributed by atoms with Crippen molar-refractivity contribution in [3.8, 4) is 5.75 Å². The first-order chi connectivity index (χ1) is 66.2. The minimum Gasteiger partial charge on any atom is -0.508 e. The number of nitrogens with one attached hydrogen (secondary N) is 11. The molecule has 21 N–H and O–H groups in total. The number of thiazole rings is 1. The molecular weight excluding hydrogens is 1890 g/mol. The second-order valence-corrected chi connectivity index (χ2v) is 38.5. The number of rotatable bonds is 63. The fourth-order valence-corrected chi connectivity index (χ4v) is 18.6. The number of likely N-dealkylation sites (tertiary alicyclic amines) is 1. The van der Waals surface area contributed by atoms with Crippen LogP contribution >= 0.6 is 32.9 Å². The van der Waals surface area contributed by atoms with Gasteiger partial charge in [0.1, 0.15) is 40.0 Å². The number of nitrogens with two attached hydrogens (primary N) is 2. The number of carbonyl (C=O) groups excluding carboxylic acids is 12. The number of hydrazine groups is 1. The minimum atomic E-state index is -2.00. The summed E-state index contributed by atoms with van der Waals surface area (Å²) < 4.78 is 17.3. The van der Waals surface area contributed by atoms with Gasteiger partial charge in [0.2, 0.25) is 35.5 Å². The Morgan fingerprint density at radius 3 is 1.97 bits per heavy atom. The minimum absolute atomic E-state index is 0.0175. The number of anilines is 4. The summed E-state index contributed by atoms with van der Waals surface area (Å²) in [6.07, 6.45) is -5.31. The molecule has 2 aliphatic heterocycles. The van der Waals surface area contributed by atoms with Crippen LogP contribution in [-0.2, 0) is 92.5 Å². The molecule has 49 heteroatoms. The number of ketones is 3. The van der Waals surface area contributed by atoms with Crippen LogP contribution in [0.15, 0.2) is 71.2 Å². The topological polar surface area (TPSA) is 695 Å². The van der Waals surface area contributed by atoms with E-state index in [0.29, 0.717) is 61.7 Å². The van der Waals surface area contributed by atoms with Gasteiger partial charge in [-0.1, -0.05) is 88.1 Å². The lowest BCUT2D eigenvalue weighted by molar-refractivity contribution is -0.161. The number of hydrogen-bond acceptors (Lipinski definition) is 34. The van der Waals surface area contributed by atoms with Gasteiger partial charge in [-0.25, -0.2) is 9.78 Å². The van der Waals surface area contributed by atoms with Gasteiger partial charge in [0.15, 0.2) is 42.1 Å². The molecule has 0 aliphatic carbocycles. The normalized spacial score (nSPS) is 16.0. The van der Waals surface area contributed by atoms with Gasteiger partial charge in [-0.2, -0.15) is 4.98 Å².